The molecule has 0 N–H and O–H groups in total. The lowest BCUT2D eigenvalue weighted by molar-refractivity contribution is 0.0255. The Balaban J connectivity index is 1.69. The molecule has 1 saturated carbocycles. The Bertz CT molecular complexity index is 495. The fraction of sp³-hybridized carbons (Fsp3) is 0.562. The van der Waals surface area contributed by atoms with Crippen LogP contribution >= 0.6 is 0 Å². The molecule has 106 valence electrons. The van der Waals surface area contributed by atoms with Gasteiger partial charge in [0.1, 0.15) is 11.9 Å². The van der Waals surface area contributed by atoms with Crippen molar-refractivity contribution >= 4 is 6.08 Å². The summed E-state index contributed by atoms with van der Waals surface area (Å²) in [6.45, 7) is 1.56. The summed E-state index contributed by atoms with van der Waals surface area (Å²) in [7, 11) is 0. The molecule has 0 unspecified atom stereocenters. The van der Waals surface area contributed by atoms with Crippen molar-refractivity contribution in [2.75, 3.05) is 13.2 Å². The van der Waals surface area contributed by atoms with Crippen LogP contribution in [-0.4, -0.2) is 25.4 Å². The van der Waals surface area contributed by atoms with Crippen LogP contribution < -0.4 is 4.74 Å². The molecule has 0 spiro atoms. The van der Waals surface area contributed by atoms with Crippen LogP contribution in [0.25, 0.3) is 0 Å². The highest BCUT2D eigenvalue weighted by atomic mass is 16.5. The zero-order valence-corrected chi connectivity index (χ0v) is 11.5. The van der Waals surface area contributed by atoms with E-state index in [1.165, 1.54) is 0 Å². The number of carbonyl (C=O) groups excluding carboxylic acids is 1. The van der Waals surface area contributed by atoms with Gasteiger partial charge in [-0.1, -0.05) is 12.1 Å². The van der Waals surface area contributed by atoms with E-state index in [1.807, 2.05) is 24.3 Å². The van der Waals surface area contributed by atoms with E-state index in [0.717, 1.165) is 56.6 Å². The fourth-order valence-electron chi connectivity index (χ4n) is 2.89. The number of hydrogen-bond acceptors (Lipinski definition) is 4. The molecule has 1 aliphatic carbocycles. The fourth-order valence-corrected chi connectivity index (χ4v) is 2.89. The summed E-state index contributed by atoms with van der Waals surface area (Å²) in [4.78, 5) is 14.6. The average Bonchev–Trinajstić information content (AvgIpc) is 2.45. The SMILES string of the molecule is O=C=NC1(c2ccc(OC3CCOCC3)cc2)CCC1. The minimum absolute atomic E-state index is 0.250. The first kappa shape index (κ1) is 13.3. The van der Waals surface area contributed by atoms with Gasteiger partial charge >= 0.3 is 0 Å². The Morgan fingerprint density at radius 1 is 1.20 bits per heavy atom. The lowest BCUT2D eigenvalue weighted by Gasteiger charge is -2.37. The summed E-state index contributed by atoms with van der Waals surface area (Å²) >= 11 is 0. The van der Waals surface area contributed by atoms with Crippen LogP contribution in [0.2, 0.25) is 0 Å². The number of hydrogen-bond donors (Lipinski definition) is 0. The molecule has 1 saturated heterocycles. The van der Waals surface area contributed by atoms with E-state index in [4.69, 9.17) is 9.47 Å². The third-order valence-corrected chi connectivity index (χ3v) is 4.30. The lowest BCUT2D eigenvalue weighted by atomic mass is 9.72. The molecule has 2 fully saturated rings. The minimum atomic E-state index is -0.320. The summed E-state index contributed by atoms with van der Waals surface area (Å²) in [5.74, 6) is 0.880. The van der Waals surface area contributed by atoms with Crippen LogP contribution in [0.3, 0.4) is 0 Å². The highest BCUT2D eigenvalue weighted by Gasteiger charge is 2.38. The van der Waals surface area contributed by atoms with Gasteiger partial charge in [-0.3, -0.25) is 0 Å². The Morgan fingerprint density at radius 2 is 1.90 bits per heavy atom. The van der Waals surface area contributed by atoms with Gasteiger partial charge in [-0.2, -0.15) is 4.99 Å². The maximum absolute atomic E-state index is 10.6. The van der Waals surface area contributed by atoms with Gasteiger partial charge in [-0.05, 0) is 37.0 Å². The highest BCUT2D eigenvalue weighted by molar-refractivity contribution is 5.40. The number of nitrogens with zero attached hydrogens (tertiary/aromatic N) is 1. The van der Waals surface area contributed by atoms with Gasteiger partial charge in [0, 0.05) is 12.8 Å². The molecule has 0 aromatic heterocycles. The van der Waals surface area contributed by atoms with E-state index in [9.17, 15) is 4.79 Å². The molecular formula is C16H19NO3. The summed E-state index contributed by atoms with van der Waals surface area (Å²) in [6.07, 6.45) is 6.84. The normalized spacial score (nSPS) is 21.6. The molecule has 1 heterocycles. The second-order valence-electron chi connectivity index (χ2n) is 5.54. The van der Waals surface area contributed by atoms with Gasteiger partial charge in [-0.25, -0.2) is 4.79 Å². The Morgan fingerprint density at radius 3 is 2.45 bits per heavy atom. The number of isocyanates is 1. The molecule has 1 aromatic carbocycles. The summed E-state index contributed by atoms with van der Waals surface area (Å²) in [5, 5.41) is 0. The Hall–Kier alpha value is -1.64. The first-order chi connectivity index (χ1) is 9.82. The molecule has 0 radical (unpaired) electrons. The second-order valence-corrected chi connectivity index (χ2v) is 5.54. The predicted molar refractivity (Wildman–Crippen MR) is 74.6 cm³/mol. The maximum atomic E-state index is 10.6. The molecule has 4 heteroatoms. The summed E-state index contributed by atoms with van der Waals surface area (Å²) in [6, 6.07) is 8.00. The van der Waals surface area contributed by atoms with Crippen molar-refractivity contribution in [2.24, 2.45) is 4.99 Å². The molecule has 0 amide bonds. The molecular weight excluding hydrogens is 254 g/mol. The average molecular weight is 273 g/mol. The standard InChI is InChI=1S/C16H19NO3/c18-12-17-16(8-1-9-16)13-2-4-14(5-3-13)20-15-6-10-19-11-7-15/h2-5,15H,1,6-11H2. The van der Waals surface area contributed by atoms with E-state index in [0.29, 0.717) is 0 Å². The van der Waals surface area contributed by atoms with Gasteiger partial charge in [0.15, 0.2) is 0 Å². The van der Waals surface area contributed by atoms with Crippen LogP contribution in [-0.2, 0) is 15.1 Å². The molecule has 2 aliphatic rings. The van der Waals surface area contributed by atoms with Gasteiger partial charge < -0.3 is 9.47 Å². The van der Waals surface area contributed by atoms with Crippen molar-refractivity contribution in [3.63, 3.8) is 0 Å². The monoisotopic (exact) mass is 273 g/mol. The topological polar surface area (TPSA) is 47.9 Å². The molecule has 0 atom stereocenters. The lowest BCUT2D eigenvalue weighted by Crippen LogP contribution is -2.31. The smallest absolute Gasteiger partial charge is 0.235 e. The van der Waals surface area contributed by atoms with Crippen molar-refractivity contribution < 1.29 is 14.3 Å². The van der Waals surface area contributed by atoms with Crippen molar-refractivity contribution in [1.29, 1.82) is 0 Å². The van der Waals surface area contributed by atoms with E-state index >= 15 is 0 Å². The molecule has 4 nitrogen and oxygen atoms in total. The number of benzene rings is 1. The van der Waals surface area contributed by atoms with E-state index in [2.05, 4.69) is 4.99 Å². The Kier molecular flexibility index (Phi) is 3.86. The third kappa shape index (κ3) is 2.62. The van der Waals surface area contributed by atoms with Gasteiger partial charge in [0.05, 0.1) is 18.8 Å². The first-order valence-corrected chi connectivity index (χ1v) is 7.26. The highest BCUT2D eigenvalue weighted by Crippen LogP contribution is 2.44. The molecule has 0 bridgehead atoms. The van der Waals surface area contributed by atoms with E-state index < -0.39 is 0 Å². The molecule has 1 aliphatic heterocycles. The molecule has 3 rings (SSSR count). The van der Waals surface area contributed by atoms with Crippen LogP contribution in [0.4, 0.5) is 0 Å². The van der Waals surface area contributed by atoms with Crippen molar-refractivity contribution in [1.82, 2.24) is 0 Å². The van der Waals surface area contributed by atoms with Crippen LogP contribution in [0.15, 0.2) is 29.3 Å². The van der Waals surface area contributed by atoms with Crippen molar-refractivity contribution in [2.45, 2.75) is 43.7 Å². The van der Waals surface area contributed by atoms with Gasteiger partial charge in [-0.15, -0.1) is 0 Å². The van der Waals surface area contributed by atoms with Crippen molar-refractivity contribution in [3.8, 4) is 5.75 Å². The largest absolute Gasteiger partial charge is 0.490 e. The van der Waals surface area contributed by atoms with E-state index in [1.54, 1.807) is 6.08 Å². The minimum Gasteiger partial charge on any atom is -0.490 e. The molecule has 1 aromatic rings. The second kappa shape index (κ2) is 5.78. The number of aliphatic imine (C=N–C) groups is 1. The molecule has 20 heavy (non-hydrogen) atoms. The first-order valence-electron chi connectivity index (χ1n) is 7.26. The van der Waals surface area contributed by atoms with Crippen LogP contribution in [0, 0.1) is 0 Å². The van der Waals surface area contributed by atoms with Gasteiger partial charge in [0.25, 0.3) is 0 Å². The summed E-state index contributed by atoms with van der Waals surface area (Å²) < 4.78 is 11.3. The summed E-state index contributed by atoms with van der Waals surface area (Å²) in [5.41, 5.74) is 0.769. The Labute approximate surface area is 118 Å². The zero-order chi connectivity index (χ0) is 13.8. The predicted octanol–water partition coefficient (Wildman–Crippen LogP) is 2.96. The number of ether oxygens (including phenoxy) is 2. The number of rotatable bonds is 4. The van der Waals surface area contributed by atoms with Crippen LogP contribution in [0.5, 0.6) is 5.75 Å². The van der Waals surface area contributed by atoms with Gasteiger partial charge in [0.2, 0.25) is 6.08 Å². The van der Waals surface area contributed by atoms with Crippen molar-refractivity contribution in [3.05, 3.63) is 29.8 Å². The maximum Gasteiger partial charge on any atom is 0.235 e. The van der Waals surface area contributed by atoms with E-state index in [-0.39, 0.29) is 11.6 Å². The third-order valence-electron chi connectivity index (χ3n) is 4.30. The van der Waals surface area contributed by atoms with Crippen LogP contribution in [0.1, 0.15) is 37.7 Å². The zero-order valence-electron chi connectivity index (χ0n) is 11.5. The quantitative estimate of drug-likeness (QED) is 0.626.